The van der Waals surface area contributed by atoms with Crippen LogP contribution in [0.3, 0.4) is 0 Å². The van der Waals surface area contributed by atoms with E-state index in [0.717, 1.165) is 18.6 Å². The van der Waals surface area contributed by atoms with Gasteiger partial charge in [0.25, 0.3) is 0 Å². The average Bonchev–Trinajstić information content (AvgIpc) is 2.88. The van der Waals surface area contributed by atoms with Crippen molar-refractivity contribution >= 4 is 5.91 Å². The number of amides is 1. The summed E-state index contributed by atoms with van der Waals surface area (Å²) < 4.78 is 4.91. The maximum Gasteiger partial charge on any atom is 0.237 e. The smallest absolute Gasteiger partial charge is 0.237 e. The minimum Gasteiger partial charge on any atom is -0.360 e. The molecule has 2 N–H and O–H groups in total. The molecule has 0 bridgehead atoms. The van der Waals surface area contributed by atoms with Crippen LogP contribution in [0.2, 0.25) is 0 Å². The minimum absolute atomic E-state index is 0.0528. The molecule has 1 fully saturated rings. The quantitative estimate of drug-likeness (QED) is 0.738. The summed E-state index contributed by atoms with van der Waals surface area (Å²) in [6, 6.07) is 1.99. The predicted molar refractivity (Wildman–Crippen MR) is 54.0 cm³/mol. The van der Waals surface area contributed by atoms with Gasteiger partial charge in [-0.1, -0.05) is 5.16 Å². The van der Waals surface area contributed by atoms with E-state index in [0.29, 0.717) is 12.6 Å². The van der Waals surface area contributed by atoms with Gasteiger partial charge in [-0.05, 0) is 19.8 Å². The Labute approximate surface area is 88.2 Å². The minimum atomic E-state index is -0.198. The number of aromatic nitrogens is 1. The summed E-state index contributed by atoms with van der Waals surface area (Å²) in [5, 5.41) is 9.60. The number of nitrogens with zero attached hydrogens (tertiary/aromatic N) is 1. The first-order valence-corrected chi connectivity index (χ1v) is 5.19. The third-order valence-corrected chi connectivity index (χ3v) is 2.39. The fourth-order valence-corrected chi connectivity index (χ4v) is 1.23. The Morgan fingerprint density at radius 1 is 1.73 bits per heavy atom. The van der Waals surface area contributed by atoms with E-state index in [1.54, 1.807) is 12.3 Å². The van der Waals surface area contributed by atoms with Crippen molar-refractivity contribution < 1.29 is 9.32 Å². The van der Waals surface area contributed by atoms with Crippen molar-refractivity contribution in [1.29, 1.82) is 0 Å². The molecule has 1 unspecified atom stereocenters. The van der Waals surface area contributed by atoms with Crippen LogP contribution in [0.15, 0.2) is 16.8 Å². The first-order valence-electron chi connectivity index (χ1n) is 5.19. The molecule has 5 heteroatoms. The summed E-state index contributed by atoms with van der Waals surface area (Å²) in [6.45, 7) is 2.37. The van der Waals surface area contributed by atoms with E-state index in [9.17, 15) is 4.79 Å². The highest BCUT2D eigenvalue weighted by Gasteiger charge is 2.25. The van der Waals surface area contributed by atoms with E-state index in [2.05, 4.69) is 15.8 Å². The van der Waals surface area contributed by atoms with Gasteiger partial charge in [-0.3, -0.25) is 10.1 Å². The van der Waals surface area contributed by atoms with Crippen LogP contribution in [-0.2, 0) is 11.3 Å². The molecule has 1 aromatic rings. The molecule has 0 saturated heterocycles. The number of nitrogens with one attached hydrogen (secondary N) is 2. The largest absolute Gasteiger partial charge is 0.360 e. The molecule has 0 radical (unpaired) electrons. The Morgan fingerprint density at radius 2 is 2.53 bits per heavy atom. The van der Waals surface area contributed by atoms with Crippen molar-refractivity contribution in [3.8, 4) is 0 Å². The van der Waals surface area contributed by atoms with Gasteiger partial charge in [-0.25, -0.2) is 0 Å². The van der Waals surface area contributed by atoms with Crippen LogP contribution >= 0.6 is 0 Å². The van der Waals surface area contributed by atoms with Crippen molar-refractivity contribution in [2.75, 3.05) is 0 Å². The molecule has 2 rings (SSSR count). The molecule has 15 heavy (non-hydrogen) atoms. The standard InChI is InChI=1S/C10H15N3O2/c1-7(10(14)13-8-2-3-8)11-6-9-4-5-12-15-9/h4-5,7-8,11H,2-3,6H2,1H3,(H,13,14). The SMILES string of the molecule is CC(NCc1ccno1)C(=O)NC1CC1. The first kappa shape index (κ1) is 10.2. The second kappa shape index (κ2) is 4.44. The number of rotatable bonds is 5. The number of hydrogen-bond acceptors (Lipinski definition) is 4. The molecular formula is C10H15N3O2. The lowest BCUT2D eigenvalue weighted by atomic mass is 10.3. The van der Waals surface area contributed by atoms with Gasteiger partial charge < -0.3 is 9.84 Å². The molecule has 5 nitrogen and oxygen atoms in total. The molecular weight excluding hydrogens is 194 g/mol. The normalized spacial score (nSPS) is 17.4. The van der Waals surface area contributed by atoms with Gasteiger partial charge in [0, 0.05) is 12.1 Å². The summed E-state index contributed by atoms with van der Waals surface area (Å²) in [5.41, 5.74) is 0. The highest BCUT2D eigenvalue weighted by molar-refractivity contribution is 5.81. The molecule has 0 aliphatic heterocycles. The highest BCUT2D eigenvalue weighted by Crippen LogP contribution is 2.18. The molecule has 1 amide bonds. The highest BCUT2D eigenvalue weighted by atomic mass is 16.5. The molecule has 0 spiro atoms. The summed E-state index contributed by atoms with van der Waals surface area (Å²) in [7, 11) is 0. The van der Waals surface area contributed by atoms with Crippen LogP contribution in [0.1, 0.15) is 25.5 Å². The van der Waals surface area contributed by atoms with Crippen molar-refractivity contribution in [3.63, 3.8) is 0 Å². The Bertz CT molecular complexity index is 319. The van der Waals surface area contributed by atoms with E-state index >= 15 is 0 Å². The number of carbonyl (C=O) groups is 1. The molecule has 0 aromatic carbocycles. The second-order valence-corrected chi connectivity index (χ2v) is 3.86. The van der Waals surface area contributed by atoms with E-state index in [-0.39, 0.29) is 11.9 Å². The maximum absolute atomic E-state index is 11.5. The molecule has 1 heterocycles. The number of hydrogen-bond donors (Lipinski definition) is 2. The molecule has 1 aliphatic carbocycles. The van der Waals surface area contributed by atoms with Crippen LogP contribution < -0.4 is 10.6 Å². The molecule has 1 aromatic heterocycles. The summed E-state index contributed by atoms with van der Waals surface area (Å²) in [5.74, 6) is 0.790. The van der Waals surface area contributed by atoms with Gasteiger partial charge in [0.15, 0.2) is 0 Å². The van der Waals surface area contributed by atoms with Gasteiger partial charge in [-0.15, -0.1) is 0 Å². The van der Waals surface area contributed by atoms with E-state index in [1.165, 1.54) is 0 Å². The van der Waals surface area contributed by atoms with Crippen LogP contribution in [-0.4, -0.2) is 23.1 Å². The Morgan fingerprint density at radius 3 is 3.13 bits per heavy atom. The molecule has 82 valence electrons. The molecule has 1 atom stereocenters. The van der Waals surface area contributed by atoms with Crippen molar-refractivity contribution in [2.24, 2.45) is 0 Å². The van der Waals surface area contributed by atoms with Gasteiger partial charge in [0.1, 0.15) is 5.76 Å². The van der Waals surface area contributed by atoms with Crippen LogP contribution in [0.25, 0.3) is 0 Å². The van der Waals surface area contributed by atoms with Crippen molar-refractivity contribution in [2.45, 2.75) is 38.4 Å². The zero-order valence-electron chi connectivity index (χ0n) is 8.69. The Kier molecular flexibility index (Phi) is 3.01. The van der Waals surface area contributed by atoms with Crippen molar-refractivity contribution in [1.82, 2.24) is 15.8 Å². The Balaban J connectivity index is 1.71. The van der Waals surface area contributed by atoms with Gasteiger partial charge in [0.2, 0.25) is 5.91 Å². The lowest BCUT2D eigenvalue weighted by molar-refractivity contribution is -0.122. The van der Waals surface area contributed by atoms with E-state index in [4.69, 9.17) is 4.52 Å². The fraction of sp³-hybridized carbons (Fsp3) is 0.600. The van der Waals surface area contributed by atoms with E-state index < -0.39 is 0 Å². The predicted octanol–water partition coefficient (Wildman–Crippen LogP) is 0.431. The lowest BCUT2D eigenvalue weighted by Crippen LogP contribution is -2.42. The monoisotopic (exact) mass is 209 g/mol. The zero-order valence-corrected chi connectivity index (χ0v) is 8.69. The summed E-state index contributed by atoms with van der Waals surface area (Å²) in [6.07, 6.45) is 3.81. The second-order valence-electron chi connectivity index (χ2n) is 3.86. The zero-order chi connectivity index (χ0) is 10.7. The van der Waals surface area contributed by atoms with Gasteiger partial charge in [0.05, 0.1) is 18.8 Å². The van der Waals surface area contributed by atoms with Crippen LogP contribution in [0.5, 0.6) is 0 Å². The van der Waals surface area contributed by atoms with E-state index in [1.807, 2.05) is 6.92 Å². The lowest BCUT2D eigenvalue weighted by Gasteiger charge is -2.12. The number of carbonyl (C=O) groups excluding carboxylic acids is 1. The van der Waals surface area contributed by atoms with Crippen molar-refractivity contribution in [3.05, 3.63) is 18.0 Å². The topological polar surface area (TPSA) is 67.2 Å². The van der Waals surface area contributed by atoms with Gasteiger partial charge >= 0.3 is 0 Å². The Hall–Kier alpha value is -1.36. The maximum atomic E-state index is 11.5. The first-order chi connectivity index (χ1) is 7.25. The summed E-state index contributed by atoms with van der Waals surface area (Å²) >= 11 is 0. The molecule has 1 saturated carbocycles. The summed E-state index contributed by atoms with van der Waals surface area (Å²) in [4.78, 5) is 11.5. The van der Waals surface area contributed by atoms with Gasteiger partial charge in [-0.2, -0.15) is 0 Å². The molecule has 1 aliphatic rings. The van der Waals surface area contributed by atoms with Crippen LogP contribution in [0.4, 0.5) is 0 Å². The average molecular weight is 209 g/mol. The fourth-order valence-electron chi connectivity index (χ4n) is 1.23. The van der Waals surface area contributed by atoms with Crippen LogP contribution in [0, 0.1) is 0 Å². The third-order valence-electron chi connectivity index (χ3n) is 2.39. The third kappa shape index (κ3) is 3.06.